The van der Waals surface area contributed by atoms with Crippen molar-refractivity contribution in [3.8, 4) is 0 Å². The molecule has 2 aliphatic rings. The number of sulfonamides is 1. The minimum Gasteiger partial charge on any atom is -0.399 e. The third-order valence-electron chi connectivity index (χ3n) is 6.29. The molecule has 0 bridgehead atoms. The van der Waals surface area contributed by atoms with Crippen molar-refractivity contribution in [1.82, 2.24) is 24.3 Å². The first-order valence-electron chi connectivity index (χ1n) is 9.62. The van der Waals surface area contributed by atoms with Crippen molar-refractivity contribution in [1.29, 1.82) is 0 Å². The summed E-state index contributed by atoms with van der Waals surface area (Å²) in [4.78, 5) is 4.62. The molecule has 2 atom stereocenters. The van der Waals surface area contributed by atoms with Crippen LogP contribution in [0.4, 0.5) is 11.5 Å². The maximum atomic E-state index is 12.8. The normalized spacial score (nSPS) is 22.8. The first kappa shape index (κ1) is 18.3. The van der Waals surface area contributed by atoms with Gasteiger partial charge in [-0.05, 0) is 36.1 Å². The molecule has 4 N–H and O–H groups in total. The average Bonchev–Trinajstić information content (AvgIpc) is 3.31. The highest BCUT2D eigenvalue weighted by molar-refractivity contribution is 7.89. The van der Waals surface area contributed by atoms with Gasteiger partial charge in [-0.1, -0.05) is 13.8 Å². The number of fused-ring (bicyclic) bond motifs is 3. The summed E-state index contributed by atoms with van der Waals surface area (Å²) in [7, 11) is -3.62. The van der Waals surface area contributed by atoms with E-state index in [4.69, 9.17) is 5.73 Å². The molecule has 2 aromatic heterocycles. The van der Waals surface area contributed by atoms with Crippen LogP contribution in [0.15, 0.2) is 35.4 Å². The second-order valence-electron chi connectivity index (χ2n) is 8.33. The zero-order chi connectivity index (χ0) is 20.4. The minimum absolute atomic E-state index is 0.0868. The van der Waals surface area contributed by atoms with Gasteiger partial charge in [-0.15, -0.1) is 10.2 Å². The van der Waals surface area contributed by atoms with E-state index in [2.05, 4.69) is 43.5 Å². The number of anilines is 2. The van der Waals surface area contributed by atoms with Gasteiger partial charge in [-0.3, -0.25) is 4.40 Å². The Morgan fingerprint density at radius 2 is 2.00 bits per heavy atom. The summed E-state index contributed by atoms with van der Waals surface area (Å²) in [6.45, 7) is 4.98. The van der Waals surface area contributed by atoms with E-state index in [9.17, 15) is 8.42 Å². The second-order valence-corrected chi connectivity index (χ2v) is 10.0. The van der Waals surface area contributed by atoms with Crippen LogP contribution in [0.3, 0.4) is 0 Å². The molecule has 3 aromatic rings. The van der Waals surface area contributed by atoms with Crippen LogP contribution >= 0.6 is 0 Å². The van der Waals surface area contributed by atoms with Gasteiger partial charge in [0.2, 0.25) is 10.0 Å². The van der Waals surface area contributed by atoms with Crippen LogP contribution < -0.4 is 15.8 Å². The Hall–Kier alpha value is -2.72. The topological polar surface area (TPSA) is 127 Å². The molecule has 1 fully saturated rings. The lowest BCUT2D eigenvalue weighted by Crippen LogP contribution is -2.57. The van der Waals surface area contributed by atoms with Crippen molar-refractivity contribution in [2.24, 2.45) is 5.41 Å². The minimum atomic E-state index is -3.62. The summed E-state index contributed by atoms with van der Waals surface area (Å²) in [5.41, 5.74) is 7.70. The maximum Gasteiger partial charge on any atom is 0.240 e. The predicted octanol–water partition coefficient (Wildman–Crippen LogP) is 1.54. The van der Waals surface area contributed by atoms with Crippen LogP contribution in [0.25, 0.3) is 5.65 Å². The lowest BCUT2D eigenvalue weighted by atomic mass is 9.58. The monoisotopic (exact) mass is 413 g/mol. The molecule has 0 spiro atoms. The first-order valence-corrected chi connectivity index (χ1v) is 11.1. The van der Waals surface area contributed by atoms with Gasteiger partial charge in [0, 0.05) is 30.6 Å². The highest BCUT2D eigenvalue weighted by Gasteiger charge is 2.52. The molecule has 1 saturated carbocycles. The fourth-order valence-corrected chi connectivity index (χ4v) is 5.75. The molecular formula is C19H23N7O2S. The van der Waals surface area contributed by atoms with Crippen molar-refractivity contribution in [3.63, 3.8) is 0 Å². The number of hydrogen-bond donors (Lipinski definition) is 3. The first-order chi connectivity index (χ1) is 13.8. The fourth-order valence-electron chi connectivity index (χ4n) is 4.34. The van der Waals surface area contributed by atoms with E-state index in [1.165, 1.54) is 12.1 Å². The average molecular weight is 414 g/mol. The Morgan fingerprint density at radius 1 is 1.24 bits per heavy atom. The number of rotatable bonds is 4. The summed E-state index contributed by atoms with van der Waals surface area (Å²) >= 11 is 0. The van der Waals surface area contributed by atoms with Gasteiger partial charge in [-0.25, -0.2) is 18.1 Å². The van der Waals surface area contributed by atoms with Crippen LogP contribution in [-0.2, 0) is 16.4 Å². The molecule has 1 aliphatic carbocycles. The van der Waals surface area contributed by atoms with Crippen LogP contribution in [0.2, 0.25) is 0 Å². The van der Waals surface area contributed by atoms with Crippen LogP contribution in [0, 0.1) is 5.41 Å². The molecule has 0 unspecified atom stereocenters. The van der Waals surface area contributed by atoms with E-state index in [0.29, 0.717) is 12.1 Å². The molecule has 10 heteroatoms. The molecule has 29 heavy (non-hydrogen) atoms. The zero-order valence-electron chi connectivity index (χ0n) is 16.3. The summed E-state index contributed by atoms with van der Waals surface area (Å²) in [6, 6.07) is 6.03. The predicted molar refractivity (Wildman–Crippen MR) is 109 cm³/mol. The standard InChI is InChI=1S/C19H23N7O2S/c1-19(2)13(9-15(19)25-29(27,28)12-5-3-11(20)4-6-12)18-24-23-16-10-22-17-14(26(16)18)7-8-21-17/h3-6,10,13,15,21,25H,7-9,20H2,1-2H3/t13-,15-/m0/s1. The molecular weight excluding hydrogens is 390 g/mol. The lowest BCUT2D eigenvalue weighted by molar-refractivity contribution is 0.0793. The molecule has 0 saturated heterocycles. The fraction of sp³-hybridized carbons (Fsp3) is 0.421. The highest BCUT2D eigenvalue weighted by Crippen LogP contribution is 2.52. The van der Waals surface area contributed by atoms with E-state index in [0.717, 1.165) is 35.9 Å². The van der Waals surface area contributed by atoms with Crippen molar-refractivity contribution < 1.29 is 8.42 Å². The van der Waals surface area contributed by atoms with Crippen molar-refractivity contribution >= 4 is 27.2 Å². The molecule has 5 rings (SSSR count). The van der Waals surface area contributed by atoms with E-state index in [1.807, 2.05) is 0 Å². The zero-order valence-corrected chi connectivity index (χ0v) is 17.1. The van der Waals surface area contributed by atoms with E-state index in [-0.39, 0.29) is 22.3 Å². The highest BCUT2D eigenvalue weighted by atomic mass is 32.2. The largest absolute Gasteiger partial charge is 0.399 e. The van der Waals surface area contributed by atoms with Crippen LogP contribution in [0.5, 0.6) is 0 Å². The van der Waals surface area contributed by atoms with Gasteiger partial charge in [0.1, 0.15) is 11.6 Å². The summed E-state index contributed by atoms with van der Waals surface area (Å²) < 4.78 is 30.5. The van der Waals surface area contributed by atoms with Gasteiger partial charge >= 0.3 is 0 Å². The van der Waals surface area contributed by atoms with Crippen LogP contribution in [0.1, 0.15) is 37.7 Å². The third-order valence-corrected chi connectivity index (χ3v) is 7.77. The van der Waals surface area contributed by atoms with E-state index >= 15 is 0 Å². The Labute approximate surface area is 168 Å². The number of hydrogen-bond acceptors (Lipinski definition) is 7. The van der Waals surface area contributed by atoms with Crippen molar-refractivity contribution in [3.05, 3.63) is 42.0 Å². The Morgan fingerprint density at radius 3 is 2.72 bits per heavy atom. The SMILES string of the molecule is CC1(C)[C@@H](NS(=O)(=O)c2ccc(N)cc2)C[C@H]1c1nnc2cnc3c(n12)CCN3. The van der Waals surface area contributed by atoms with Gasteiger partial charge in [0.05, 0.1) is 16.8 Å². The van der Waals surface area contributed by atoms with Crippen LogP contribution in [-0.4, -0.2) is 40.6 Å². The van der Waals surface area contributed by atoms with Crippen molar-refractivity contribution in [2.45, 2.75) is 43.5 Å². The molecule has 9 nitrogen and oxygen atoms in total. The van der Waals surface area contributed by atoms with E-state index in [1.54, 1.807) is 18.3 Å². The number of aromatic nitrogens is 4. The molecule has 152 valence electrons. The number of nitrogens with one attached hydrogen (secondary N) is 2. The Balaban J connectivity index is 1.43. The summed E-state index contributed by atoms with van der Waals surface area (Å²) in [5, 5.41) is 12.0. The third kappa shape index (κ3) is 2.77. The number of nitrogens with two attached hydrogens (primary N) is 1. The molecule has 1 aliphatic heterocycles. The number of benzene rings is 1. The quantitative estimate of drug-likeness (QED) is 0.554. The van der Waals surface area contributed by atoms with Gasteiger partial charge < -0.3 is 11.1 Å². The summed E-state index contributed by atoms with van der Waals surface area (Å²) in [6.07, 6.45) is 3.25. The number of nitrogens with zero attached hydrogens (tertiary/aromatic N) is 4. The van der Waals surface area contributed by atoms with Gasteiger partial charge in [0.15, 0.2) is 5.65 Å². The second kappa shape index (κ2) is 6.14. The Kier molecular flexibility index (Phi) is 3.88. The van der Waals surface area contributed by atoms with Gasteiger partial charge in [0.25, 0.3) is 0 Å². The lowest BCUT2D eigenvalue weighted by Gasteiger charge is -2.51. The molecule has 3 heterocycles. The van der Waals surface area contributed by atoms with E-state index < -0.39 is 10.0 Å². The van der Waals surface area contributed by atoms with Crippen molar-refractivity contribution in [2.75, 3.05) is 17.6 Å². The smallest absolute Gasteiger partial charge is 0.240 e. The van der Waals surface area contributed by atoms with Gasteiger partial charge in [-0.2, -0.15) is 0 Å². The Bertz CT molecular complexity index is 1200. The maximum absolute atomic E-state index is 12.8. The molecule has 1 aromatic carbocycles. The molecule has 0 amide bonds. The summed E-state index contributed by atoms with van der Waals surface area (Å²) in [5.74, 6) is 1.83. The number of nitrogen functional groups attached to an aromatic ring is 1. The molecule has 0 radical (unpaired) electrons.